The molecule has 0 aliphatic carbocycles. The van der Waals surface area contributed by atoms with Crippen molar-refractivity contribution >= 4 is 27.6 Å². The van der Waals surface area contributed by atoms with E-state index in [1.165, 1.54) is 12.1 Å². The molecule has 0 bridgehead atoms. The molecule has 0 saturated carbocycles. The first kappa shape index (κ1) is 15.5. The Balaban J connectivity index is 1.82. The smallest absolute Gasteiger partial charge is 0.319 e. The van der Waals surface area contributed by atoms with Gasteiger partial charge in [-0.25, -0.2) is 9.18 Å². The fourth-order valence-electron chi connectivity index (χ4n) is 1.87. The lowest BCUT2D eigenvalue weighted by Crippen LogP contribution is -2.30. The molecule has 110 valence electrons. The summed E-state index contributed by atoms with van der Waals surface area (Å²) in [6.45, 7) is 2.42. The zero-order chi connectivity index (χ0) is 15.2. The van der Waals surface area contributed by atoms with E-state index in [4.69, 9.17) is 0 Å². The zero-order valence-electron chi connectivity index (χ0n) is 11.6. The molecular formula is C16H16BrFN2O. The van der Waals surface area contributed by atoms with Crippen LogP contribution in [0.15, 0.2) is 46.9 Å². The van der Waals surface area contributed by atoms with Crippen molar-refractivity contribution < 1.29 is 9.18 Å². The standard InChI is InChI=1S/C16H16BrFN2O/c1-11-2-5-13(17)10-15(11)20-16(21)19-9-8-12-3-6-14(18)7-4-12/h2-7,10H,8-9H2,1H3,(H2,19,20,21). The Morgan fingerprint density at radius 1 is 1.19 bits per heavy atom. The Hall–Kier alpha value is -1.88. The molecule has 2 rings (SSSR count). The molecule has 0 aliphatic rings. The van der Waals surface area contributed by atoms with Crippen LogP contribution < -0.4 is 10.6 Å². The maximum absolute atomic E-state index is 12.8. The number of benzene rings is 2. The van der Waals surface area contributed by atoms with Crippen LogP contribution in [0.25, 0.3) is 0 Å². The van der Waals surface area contributed by atoms with E-state index in [1.54, 1.807) is 12.1 Å². The molecule has 0 heterocycles. The summed E-state index contributed by atoms with van der Waals surface area (Å²) in [6.07, 6.45) is 0.658. The number of hydrogen-bond donors (Lipinski definition) is 2. The Morgan fingerprint density at radius 2 is 1.90 bits per heavy atom. The molecule has 0 radical (unpaired) electrons. The normalized spacial score (nSPS) is 10.2. The van der Waals surface area contributed by atoms with Gasteiger partial charge in [0.1, 0.15) is 5.82 Å². The molecular weight excluding hydrogens is 335 g/mol. The van der Waals surface area contributed by atoms with Gasteiger partial charge in [0.25, 0.3) is 0 Å². The van der Waals surface area contributed by atoms with Gasteiger partial charge in [-0.15, -0.1) is 0 Å². The number of aryl methyl sites for hydroxylation is 1. The lowest BCUT2D eigenvalue weighted by Gasteiger charge is -2.10. The number of rotatable bonds is 4. The monoisotopic (exact) mass is 350 g/mol. The van der Waals surface area contributed by atoms with Crippen molar-refractivity contribution in [3.05, 3.63) is 63.9 Å². The second-order valence-corrected chi connectivity index (χ2v) is 5.63. The van der Waals surface area contributed by atoms with E-state index in [0.717, 1.165) is 21.3 Å². The highest BCUT2D eigenvalue weighted by atomic mass is 79.9. The van der Waals surface area contributed by atoms with Crippen LogP contribution in [0.5, 0.6) is 0 Å². The van der Waals surface area contributed by atoms with Crippen LogP contribution in [0.4, 0.5) is 14.9 Å². The molecule has 2 aromatic carbocycles. The average molecular weight is 351 g/mol. The fraction of sp³-hybridized carbons (Fsp3) is 0.188. The lowest BCUT2D eigenvalue weighted by molar-refractivity contribution is 0.252. The highest BCUT2D eigenvalue weighted by Gasteiger charge is 2.04. The largest absolute Gasteiger partial charge is 0.338 e. The molecule has 0 fully saturated rings. The molecule has 21 heavy (non-hydrogen) atoms. The highest BCUT2D eigenvalue weighted by Crippen LogP contribution is 2.20. The van der Waals surface area contributed by atoms with Gasteiger partial charge in [-0.05, 0) is 48.7 Å². The molecule has 0 spiro atoms. The molecule has 2 aromatic rings. The summed E-state index contributed by atoms with van der Waals surface area (Å²) in [4.78, 5) is 11.8. The Labute approximate surface area is 131 Å². The first-order valence-electron chi connectivity index (χ1n) is 6.60. The molecule has 5 heteroatoms. The summed E-state index contributed by atoms with van der Waals surface area (Å²) >= 11 is 3.37. The van der Waals surface area contributed by atoms with Gasteiger partial charge in [0, 0.05) is 16.7 Å². The van der Waals surface area contributed by atoms with Crippen molar-refractivity contribution in [2.75, 3.05) is 11.9 Å². The van der Waals surface area contributed by atoms with Gasteiger partial charge in [-0.1, -0.05) is 34.1 Å². The van der Waals surface area contributed by atoms with Crippen molar-refractivity contribution in [3.8, 4) is 0 Å². The molecule has 2 amide bonds. The van der Waals surface area contributed by atoms with E-state index in [-0.39, 0.29) is 11.8 Å². The van der Waals surface area contributed by atoms with Gasteiger partial charge in [0.2, 0.25) is 0 Å². The molecule has 3 nitrogen and oxygen atoms in total. The predicted octanol–water partition coefficient (Wildman–Crippen LogP) is 4.26. The van der Waals surface area contributed by atoms with Gasteiger partial charge in [-0.3, -0.25) is 0 Å². The van der Waals surface area contributed by atoms with Gasteiger partial charge in [-0.2, -0.15) is 0 Å². The van der Waals surface area contributed by atoms with Crippen molar-refractivity contribution in [1.29, 1.82) is 0 Å². The van der Waals surface area contributed by atoms with E-state index >= 15 is 0 Å². The first-order valence-corrected chi connectivity index (χ1v) is 7.39. The summed E-state index contributed by atoms with van der Waals surface area (Å²) in [5, 5.41) is 5.59. The summed E-state index contributed by atoms with van der Waals surface area (Å²) < 4.78 is 13.7. The third kappa shape index (κ3) is 4.86. The van der Waals surface area contributed by atoms with Crippen LogP contribution in [0.1, 0.15) is 11.1 Å². The maximum atomic E-state index is 12.8. The van der Waals surface area contributed by atoms with E-state index in [9.17, 15) is 9.18 Å². The quantitative estimate of drug-likeness (QED) is 0.849. The fourth-order valence-corrected chi connectivity index (χ4v) is 2.23. The second kappa shape index (κ2) is 7.22. The van der Waals surface area contributed by atoms with Gasteiger partial charge >= 0.3 is 6.03 Å². The number of carbonyl (C=O) groups is 1. The number of anilines is 1. The average Bonchev–Trinajstić information content (AvgIpc) is 2.45. The number of carbonyl (C=O) groups excluding carboxylic acids is 1. The lowest BCUT2D eigenvalue weighted by atomic mass is 10.1. The molecule has 0 atom stereocenters. The van der Waals surface area contributed by atoms with Crippen molar-refractivity contribution in [3.63, 3.8) is 0 Å². The van der Waals surface area contributed by atoms with E-state index in [2.05, 4.69) is 26.6 Å². The van der Waals surface area contributed by atoms with Crippen molar-refractivity contribution in [1.82, 2.24) is 5.32 Å². The molecule has 0 saturated heterocycles. The summed E-state index contributed by atoms with van der Waals surface area (Å²) in [5.74, 6) is -0.255. The molecule has 0 unspecified atom stereocenters. The molecule has 0 aromatic heterocycles. The van der Waals surface area contributed by atoms with Gasteiger partial charge in [0.05, 0.1) is 0 Å². The minimum atomic E-state index is -0.255. The summed E-state index contributed by atoms with van der Waals surface area (Å²) in [5.41, 5.74) is 2.74. The van der Waals surface area contributed by atoms with Crippen LogP contribution in [-0.2, 0) is 6.42 Å². The van der Waals surface area contributed by atoms with Crippen molar-refractivity contribution in [2.24, 2.45) is 0 Å². The van der Waals surface area contributed by atoms with E-state index in [0.29, 0.717) is 13.0 Å². The summed E-state index contributed by atoms with van der Waals surface area (Å²) in [7, 11) is 0. The van der Waals surface area contributed by atoms with Gasteiger partial charge in [0.15, 0.2) is 0 Å². The minimum absolute atomic E-state index is 0.252. The SMILES string of the molecule is Cc1ccc(Br)cc1NC(=O)NCCc1ccc(F)cc1. The van der Waals surface area contributed by atoms with Crippen LogP contribution in [-0.4, -0.2) is 12.6 Å². The van der Waals surface area contributed by atoms with E-state index in [1.807, 2.05) is 25.1 Å². The zero-order valence-corrected chi connectivity index (χ0v) is 13.2. The predicted molar refractivity (Wildman–Crippen MR) is 86.0 cm³/mol. The molecule has 2 N–H and O–H groups in total. The minimum Gasteiger partial charge on any atom is -0.338 e. The number of halogens is 2. The van der Waals surface area contributed by atoms with Crippen LogP contribution in [0.2, 0.25) is 0 Å². The van der Waals surface area contributed by atoms with Crippen LogP contribution in [0.3, 0.4) is 0 Å². The van der Waals surface area contributed by atoms with E-state index < -0.39 is 0 Å². The van der Waals surface area contributed by atoms with Crippen LogP contribution >= 0.6 is 15.9 Å². The van der Waals surface area contributed by atoms with Crippen molar-refractivity contribution in [2.45, 2.75) is 13.3 Å². The number of urea groups is 1. The topological polar surface area (TPSA) is 41.1 Å². The highest BCUT2D eigenvalue weighted by molar-refractivity contribution is 9.10. The Bertz CT molecular complexity index is 629. The van der Waals surface area contributed by atoms with Crippen LogP contribution in [0, 0.1) is 12.7 Å². The second-order valence-electron chi connectivity index (χ2n) is 4.72. The number of amides is 2. The molecule has 0 aliphatic heterocycles. The third-order valence-electron chi connectivity index (χ3n) is 3.06. The first-order chi connectivity index (χ1) is 10.0. The Kier molecular flexibility index (Phi) is 5.33. The summed E-state index contributed by atoms with van der Waals surface area (Å²) in [6, 6.07) is 11.7. The number of hydrogen-bond acceptors (Lipinski definition) is 1. The van der Waals surface area contributed by atoms with Gasteiger partial charge < -0.3 is 10.6 Å². The maximum Gasteiger partial charge on any atom is 0.319 e. The number of nitrogens with one attached hydrogen (secondary N) is 2. The Morgan fingerprint density at radius 3 is 2.62 bits per heavy atom. The third-order valence-corrected chi connectivity index (χ3v) is 3.55.